The van der Waals surface area contributed by atoms with Crippen LogP contribution in [0.5, 0.6) is 0 Å². The summed E-state index contributed by atoms with van der Waals surface area (Å²) in [7, 11) is 0. The molecule has 18 heavy (non-hydrogen) atoms. The molecular weight excluding hydrogens is 278 g/mol. The molecule has 0 aliphatic carbocycles. The fourth-order valence-corrected chi connectivity index (χ4v) is 2.28. The summed E-state index contributed by atoms with van der Waals surface area (Å²) in [6, 6.07) is 7.91. The summed E-state index contributed by atoms with van der Waals surface area (Å²) in [5, 5.41) is 0.725. The SMILES string of the molecule is Nc1nc(SCc2ccc(Cl)cc2)c(F)cc1F. The van der Waals surface area contributed by atoms with Crippen molar-refractivity contribution >= 4 is 29.2 Å². The first kappa shape index (κ1) is 13.1. The molecule has 0 fully saturated rings. The summed E-state index contributed by atoms with van der Waals surface area (Å²) in [5.41, 5.74) is 6.26. The number of nitrogen functional groups attached to an aromatic ring is 1. The molecule has 0 aliphatic rings. The van der Waals surface area contributed by atoms with E-state index in [0.29, 0.717) is 10.8 Å². The van der Waals surface area contributed by atoms with Crippen molar-refractivity contribution in [1.82, 2.24) is 4.98 Å². The maximum atomic E-state index is 13.4. The van der Waals surface area contributed by atoms with E-state index >= 15 is 0 Å². The molecular formula is C12H9ClF2N2S. The van der Waals surface area contributed by atoms with Crippen LogP contribution < -0.4 is 5.73 Å². The standard InChI is InChI=1S/C12H9ClF2N2S/c13-8-3-1-7(2-4-8)6-18-12-10(15)5-9(14)11(16)17-12/h1-5H,6H2,(H2,16,17). The van der Waals surface area contributed by atoms with Crippen LogP contribution in [0.1, 0.15) is 5.56 Å². The van der Waals surface area contributed by atoms with E-state index in [1.54, 1.807) is 12.1 Å². The number of hydrogen-bond acceptors (Lipinski definition) is 3. The van der Waals surface area contributed by atoms with Gasteiger partial charge in [-0.3, -0.25) is 0 Å². The Labute approximate surface area is 112 Å². The minimum Gasteiger partial charge on any atom is -0.381 e. The van der Waals surface area contributed by atoms with E-state index in [2.05, 4.69) is 4.98 Å². The monoisotopic (exact) mass is 286 g/mol. The highest BCUT2D eigenvalue weighted by Crippen LogP contribution is 2.26. The second-order valence-corrected chi connectivity index (χ2v) is 4.96. The van der Waals surface area contributed by atoms with Crippen molar-refractivity contribution < 1.29 is 8.78 Å². The molecule has 0 atom stereocenters. The van der Waals surface area contributed by atoms with Gasteiger partial charge in [0.2, 0.25) is 0 Å². The van der Waals surface area contributed by atoms with Crippen LogP contribution in [-0.2, 0) is 5.75 Å². The van der Waals surface area contributed by atoms with Crippen LogP contribution in [0.4, 0.5) is 14.6 Å². The Bertz CT molecular complexity index is 561. The largest absolute Gasteiger partial charge is 0.381 e. The summed E-state index contributed by atoms with van der Waals surface area (Å²) in [5.74, 6) is -1.34. The molecule has 6 heteroatoms. The van der Waals surface area contributed by atoms with Crippen LogP contribution in [0.15, 0.2) is 35.4 Å². The minimum atomic E-state index is -0.844. The van der Waals surface area contributed by atoms with Crippen molar-refractivity contribution in [3.8, 4) is 0 Å². The van der Waals surface area contributed by atoms with E-state index in [1.807, 2.05) is 12.1 Å². The quantitative estimate of drug-likeness (QED) is 0.870. The van der Waals surface area contributed by atoms with Gasteiger partial charge in [-0.2, -0.15) is 0 Å². The highest BCUT2D eigenvalue weighted by atomic mass is 35.5. The fourth-order valence-electron chi connectivity index (χ4n) is 1.30. The van der Waals surface area contributed by atoms with Gasteiger partial charge in [0, 0.05) is 16.8 Å². The van der Waals surface area contributed by atoms with E-state index < -0.39 is 11.6 Å². The van der Waals surface area contributed by atoms with Gasteiger partial charge in [0.1, 0.15) is 5.03 Å². The van der Waals surface area contributed by atoms with Gasteiger partial charge in [-0.15, -0.1) is 0 Å². The zero-order valence-corrected chi connectivity index (χ0v) is 10.7. The lowest BCUT2D eigenvalue weighted by Crippen LogP contribution is -1.99. The number of hydrogen-bond donors (Lipinski definition) is 1. The number of benzene rings is 1. The lowest BCUT2D eigenvalue weighted by atomic mass is 10.2. The third-order valence-corrected chi connectivity index (χ3v) is 3.50. The summed E-state index contributed by atoms with van der Waals surface area (Å²) in [4.78, 5) is 3.67. The summed E-state index contributed by atoms with van der Waals surface area (Å²) < 4.78 is 26.3. The van der Waals surface area contributed by atoms with Crippen molar-refractivity contribution in [3.63, 3.8) is 0 Å². The number of aromatic nitrogens is 1. The molecule has 2 N–H and O–H groups in total. The molecule has 0 aliphatic heterocycles. The van der Waals surface area contributed by atoms with Gasteiger partial charge in [0.05, 0.1) is 0 Å². The van der Waals surface area contributed by atoms with E-state index in [1.165, 1.54) is 0 Å². The molecule has 1 heterocycles. The highest BCUT2D eigenvalue weighted by Gasteiger charge is 2.10. The minimum absolute atomic E-state index is 0.0869. The van der Waals surface area contributed by atoms with Crippen LogP contribution >= 0.6 is 23.4 Å². The molecule has 0 saturated carbocycles. The van der Waals surface area contributed by atoms with Gasteiger partial charge >= 0.3 is 0 Å². The molecule has 0 amide bonds. The molecule has 2 nitrogen and oxygen atoms in total. The molecule has 2 aromatic rings. The topological polar surface area (TPSA) is 38.9 Å². The zero-order chi connectivity index (χ0) is 13.1. The number of nitrogens with two attached hydrogens (primary N) is 1. The second kappa shape index (κ2) is 5.54. The first-order valence-electron chi connectivity index (χ1n) is 5.05. The number of pyridine rings is 1. The predicted octanol–water partition coefficient (Wildman–Crippen LogP) is 3.89. The van der Waals surface area contributed by atoms with Crippen molar-refractivity contribution in [2.24, 2.45) is 0 Å². The lowest BCUT2D eigenvalue weighted by molar-refractivity contribution is 0.552. The lowest BCUT2D eigenvalue weighted by Gasteiger charge is -2.04. The molecule has 0 bridgehead atoms. The molecule has 0 spiro atoms. The van der Waals surface area contributed by atoms with Crippen molar-refractivity contribution in [1.29, 1.82) is 0 Å². The Balaban J connectivity index is 2.10. The molecule has 0 saturated heterocycles. The number of nitrogens with zero attached hydrogens (tertiary/aromatic N) is 1. The second-order valence-electron chi connectivity index (χ2n) is 3.56. The smallest absolute Gasteiger partial charge is 0.168 e. The molecule has 94 valence electrons. The van der Waals surface area contributed by atoms with Crippen LogP contribution in [0.25, 0.3) is 0 Å². The van der Waals surface area contributed by atoms with Gasteiger partial charge in [-0.25, -0.2) is 13.8 Å². The van der Waals surface area contributed by atoms with Gasteiger partial charge in [0.25, 0.3) is 0 Å². The number of thioether (sulfide) groups is 1. The van der Waals surface area contributed by atoms with Crippen LogP contribution in [0.2, 0.25) is 5.02 Å². The maximum absolute atomic E-state index is 13.4. The Morgan fingerprint density at radius 1 is 1.17 bits per heavy atom. The Morgan fingerprint density at radius 3 is 2.50 bits per heavy atom. The molecule has 1 aromatic carbocycles. The third kappa shape index (κ3) is 3.11. The van der Waals surface area contributed by atoms with E-state index in [4.69, 9.17) is 17.3 Å². The fraction of sp³-hybridized carbons (Fsp3) is 0.0833. The predicted molar refractivity (Wildman–Crippen MR) is 69.6 cm³/mol. The van der Waals surface area contributed by atoms with Crippen LogP contribution in [-0.4, -0.2) is 4.98 Å². The van der Waals surface area contributed by atoms with Crippen LogP contribution in [0.3, 0.4) is 0 Å². The summed E-state index contributed by atoms with van der Waals surface area (Å²) in [6.07, 6.45) is 0. The normalized spacial score (nSPS) is 10.6. The van der Waals surface area contributed by atoms with Gasteiger partial charge in [-0.1, -0.05) is 35.5 Å². The Kier molecular flexibility index (Phi) is 4.04. The molecule has 0 unspecified atom stereocenters. The van der Waals surface area contributed by atoms with Crippen molar-refractivity contribution in [3.05, 3.63) is 52.6 Å². The first-order valence-corrected chi connectivity index (χ1v) is 6.41. The number of halogens is 3. The van der Waals surface area contributed by atoms with E-state index in [0.717, 1.165) is 23.4 Å². The Hall–Kier alpha value is -1.33. The highest BCUT2D eigenvalue weighted by molar-refractivity contribution is 7.98. The van der Waals surface area contributed by atoms with E-state index in [9.17, 15) is 8.78 Å². The number of anilines is 1. The van der Waals surface area contributed by atoms with Gasteiger partial charge < -0.3 is 5.73 Å². The summed E-state index contributed by atoms with van der Waals surface area (Å²) in [6.45, 7) is 0. The molecule has 1 aromatic heterocycles. The first-order chi connectivity index (χ1) is 8.56. The van der Waals surface area contributed by atoms with Gasteiger partial charge in [-0.05, 0) is 17.7 Å². The van der Waals surface area contributed by atoms with Crippen molar-refractivity contribution in [2.75, 3.05) is 5.73 Å². The molecule has 2 rings (SSSR count). The van der Waals surface area contributed by atoms with Crippen LogP contribution in [0, 0.1) is 11.6 Å². The number of rotatable bonds is 3. The third-order valence-electron chi connectivity index (χ3n) is 2.21. The average molecular weight is 287 g/mol. The molecule has 0 radical (unpaired) electrons. The van der Waals surface area contributed by atoms with E-state index in [-0.39, 0.29) is 10.8 Å². The zero-order valence-electron chi connectivity index (χ0n) is 9.16. The average Bonchev–Trinajstić information content (AvgIpc) is 2.34. The van der Waals surface area contributed by atoms with Gasteiger partial charge in [0.15, 0.2) is 17.5 Å². The van der Waals surface area contributed by atoms with Crippen molar-refractivity contribution in [2.45, 2.75) is 10.8 Å². The maximum Gasteiger partial charge on any atom is 0.168 e. The summed E-state index contributed by atoms with van der Waals surface area (Å²) >= 11 is 6.91. The Morgan fingerprint density at radius 2 is 1.83 bits per heavy atom.